The highest BCUT2D eigenvalue weighted by Gasteiger charge is 2.24. The number of amides is 1. The molecule has 202 valence electrons. The van der Waals surface area contributed by atoms with Crippen molar-refractivity contribution in [1.29, 1.82) is 0 Å². The predicted molar refractivity (Wildman–Crippen MR) is 151 cm³/mol. The third-order valence-electron chi connectivity index (χ3n) is 7.20. The zero-order valence-electron chi connectivity index (χ0n) is 22.2. The zero-order valence-corrected chi connectivity index (χ0v) is 22.2. The average Bonchev–Trinajstić information content (AvgIpc) is 3.67. The Morgan fingerprint density at radius 3 is 2.74 bits per heavy atom. The summed E-state index contributed by atoms with van der Waals surface area (Å²) in [4.78, 5) is 24.2. The molecule has 1 saturated heterocycles. The molecule has 4 heterocycles. The van der Waals surface area contributed by atoms with Gasteiger partial charge in [0, 0.05) is 68.4 Å². The van der Waals surface area contributed by atoms with Crippen LogP contribution in [-0.2, 0) is 11.3 Å². The van der Waals surface area contributed by atoms with Gasteiger partial charge in [-0.2, -0.15) is 9.61 Å². The number of rotatable bonds is 10. The number of carbonyl (C=O) groups excluding carboxylic acids is 1. The van der Waals surface area contributed by atoms with Gasteiger partial charge < -0.3 is 20.7 Å². The first-order valence-electron chi connectivity index (χ1n) is 13.6. The SMILES string of the molecule is Cc1cc(-c2cnn3c(NCCN4CCOCC4)cc(NCc4cccnc4)nc23)ccc1C(=O)NC1CC1. The molecule has 1 aromatic carbocycles. The molecule has 10 heteroatoms. The lowest BCUT2D eigenvalue weighted by Gasteiger charge is -2.26. The van der Waals surface area contributed by atoms with Gasteiger partial charge in [-0.3, -0.25) is 14.7 Å². The first-order chi connectivity index (χ1) is 19.1. The Morgan fingerprint density at radius 1 is 1.10 bits per heavy atom. The van der Waals surface area contributed by atoms with E-state index < -0.39 is 0 Å². The van der Waals surface area contributed by atoms with Gasteiger partial charge in [0.15, 0.2) is 5.65 Å². The Kier molecular flexibility index (Phi) is 7.38. The van der Waals surface area contributed by atoms with Crippen LogP contribution >= 0.6 is 0 Å². The van der Waals surface area contributed by atoms with Gasteiger partial charge >= 0.3 is 0 Å². The second kappa shape index (κ2) is 11.4. The molecule has 1 aliphatic carbocycles. The Labute approximate surface area is 227 Å². The van der Waals surface area contributed by atoms with Crippen molar-refractivity contribution in [2.45, 2.75) is 32.4 Å². The summed E-state index contributed by atoms with van der Waals surface area (Å²) in [5.41, 5.74) is 5.34. The minimum Gasteiger partial charge on any atom is -0.379 e. The summed E-state index contributed by atoms with van der Waals surface area (Å²) >= 11 is 0. The van der Waals surface area contributed by atoms with Crippen molar-refractivity contribution >= 4 is 23.2 Å². The van der Waals surface area contributed by atoms with Crippen molar-refractivity contribution in [1.82, 2.24) is 29.8 Å². The van der Waals surface area contributed by atoms with Crippen molar-refractivity contribution in [3.8, 4) is 11.1 Å². The Morgan fingerprint density at radius 2 is 1.97 bits per heavy atom. The van der Waals surface area contributed by atoms with Crippen LogP contribution < -0.4 is 16.0 Å². The number of hydrogen-bond acceptors (Lipinski definition) is 8. The molecule has 6 rings (SSSR count). The van der Waals surface area contributed by atoms with E-state index in [1.54, 1.807) is 6.20 Å². The maximum atomic E-state index is 12.6. The molecule has 0 unspecified atom stereocenters. The van der Waals surface area contributed by atoms with Crippen molar-refractivity contribution in [3.63, 3.8) is 0 Å². The van der Waals surface area contributed by atoms with Gasteiger partial charge in [-0.1, -0.05) is 18.2 Å². The fourth-order valence-electron chi connectivity index (χ4n) is 4.82. The summed E-state index contributed by atoms with van der Waals surface area (Å²) in [5, 5.41) is 14.8. The topological polar surface area (TPSA) is 109 Å². The highest BCUT2D eigenvalue weighted by Crippen LogP contribution is 2.29. The van der Waals surface area contributed by atoms with Crippen LogP contribution in [0.4, 0.5) is 11.6 Å². The van der Waals surface area contributed by atoms with E-state index in [1.165, 1.54) is 0 Å². The number of ether oxygens (including phenoxy) is 1. The van der Waals surface area contributed by atoms with Crippen molar-refractivity contribution in [2.24, 2.45) is 0 Å². The highest BCUT2D eigenvalue weighted by molar-refractivity contribution is 5.97. The maximum Gasteiger partial charge on any atom is 0.251 e. The minimum absolute atomic E-state index is 0.00631. The Bertz CT molecular complexity index is 1440. The van der Waals surface area contributed by atoms with E-state index in [1.807, 2.05) is 60.2 Å². The number of aromatic nitrogens is 4. The van der Waals surface area contributed by atoms with Crippen LogP contribution in [-0.4, -0.2) is 75.8 Å². The van der Waals surface area contributed by atoms with Gasteiger partial charge in [-0.05, 0) is 48.6 Å². The molecule has 1 amide bonds. The number of nitrogens with one attached hydrogen (secondary N) is 3. The largest absolute Gasteiger partial charge is 0.379 e. The van der Waals surface area contributed by atoms with Crippen LogP contribution in [0.1, 0.15) is 34.3 Å². The summed E-state index contributed by atoms with van der Waals surface area (Å²) in [6, 6.07) is 12.2. The smallest absolute Gasteiger partial charge is 0.251 e. The molecule has 0 radical (unpaired) electrons. The van der Waals surface area contributed by atoms with Crippen LogP contribution in [0, 0.1) is 6.92 Å². The lowest BCUT2D eigenvalue weighted by atomic mass is 10.0. The van der Waals surface area contributed by atoms with Crippen LogP contribution in [0.15, 0.2) is 55.0 Å². The number of fused-ring (bicyclic) bond motifs is 1. The zero-order chi connectivity index (χ0) is 26.6. The van der Waals surface area contributed by atoms with Crippen molar-refractivity contribution < 1.29 is 9.53 Å². The van der Waals surface area contributed by atoms with E-state index in [0.29, 0.717) is 18.2 Å². The van der Waals surface area contributed by atoms with E-state index in [-0.39, 0.29) is 5.91 Å². The van der Waals surface area contributed by atoms with Gasteiger partial charge in [0.1, 0.15) is 11.6 Å². The van der Waals surface area contributed by atoms with Gasteiger partial charge in [-0.15, -0.1) is 0 Å². The Hall–Kier alpha value is -4.02. The van der Waals surface area contributed by atoms with Crippen LogP contribution in [0.3, 0.4) is 0 Å². The molecule has 3 N–H and O–H groups in total. The summed E-state index contributed by atoms with van der Waals surface area (Å²) in [6.45, 7) is 7.75. The summed E-state index contributed by atoms with van der Waals surface area (Å²) in [5.74, 6) is 1.61. The normalized spacial score (nSPS) is 15.8. The van der Waals surface area contributed by atoms with E-state index >= 15 is 0 Å². The molecule has 4 aromatic rings. The number of carbonyl (C=O) groups is 1. The number of pyridine rings is 1. The van der Waals surface area contributed by atoms with Crippen LogP contribution in [0.2, 0.25) is 0 Å². The third kappa shape index (κ3) is 6.02. The number of morpholine rings is 1. The first kappa shape index (κ1) is 25.3. The van der Waals surface area contributed by atoms with Gasteiger partial charge in [-0.25, -0.2) is 4.98 Å². The molecular weight excluding hydrogens is 492 g/mol. The minimum atomic E-state index is -0.00631. The number of anilines is 2. The fourth-order valence-corrected chi connectivity index (χ4v) is 4.82. The standard InChI is InChI=1S/C29H34N8O2/c1-20-15-22(4-7-24(20)29(38)34-23-5-6-23)25-19-33-37-27(31-9-10-36-11-13-39-14-12-36)16-26(35-28(25)37)32-18-21-3-2-8-30-17-21/h2-4,7-8,15-17,19,23,31H,5-6,9-14,18H2,1H3,(H,32,35)(H,34,38). The van der Waals surface area contributed by atoms with Gasteiger partial charge in [0.05, 0.1) is 19.4 Å². The van der Waals surface area contributed by atoms with Gasteiger partial charge in [0.2, 0.25) is 0 Å². The molecule has 2 fully saturated rings. The van der Waals surface area contributed by atoms with Gasteiger partial charge in [0.25, 0.3) is 5.91 Å². The molecule has 3 aromatic heterocycles. The van der Waals surface area contributed by atoms with E-state index in [4.69, 9.17) is 14.8 Å². The quantitative estimate of drug-likeness (QED) is 0.289. The molecule has 1 saturated carbocycles. The second-order valence-corrected chi connectivity index (χ2v) is 10.2. The van der Waals surface area contributed by atoms with Crippen molar-refractivity contribution in [2.75, 3.05) is 50.0 Å². The Balaban J connectivity index is 1.28. The third-order valence-corrected chi connectivity index (χ3v) is 7.20. The lowest BCUT2D eigenvalue weighted by molar-refractivity contribution is 0.0398. The average molecular weight is 527 g/mol. The maximum absolute atomic E-state index is 12.6. The monoisotopic (exact) mass is 526 g/mol. The first-order valence-corrected chi connectivity index (χ1v) is 13.6. The molecule has 10 nitrogen and oxygen atoms in total. The van der Waals surface area contributed by atoms with Crippen molar-refractivity contribution in [3.05, 3.63) is 71.7 Å². The number of nitrogens with zero attached hydrogens (tertiary/aromatic N) is 5. The molecular formula is C29H34N8O2. The lowest BCUT2D eigenvalue weighted by Crippen LogP contribution is -2.39. The molecule has 0 bridgehead atoms. The second-order valence-electron chi connectivity index (χ2n) is 10.2. The van der Waals surface area contributed by atoms with E-state index in [2.05, 4.69) is 25.8 Å². The summed E-state index contributed by atoms with van der Waals surface area (Å²) in [7, 11) is 0. The summed E-state index contributed by atoms with van der Waals surface area (Å²) in [6.07, 6.45) is 7.60. The van der Waals surface area contributed by atoms with Crippen LogP contribution in [0.5, 0.6) is 0 Å². The molecule has 1 aliphatic heterocycles. The molecule has 0 atom stereocenters. The fraction of sp³-hybridized carbons (Fsp3) is 0.379. The molecule has 2 aliphatic rings. The van der Waals surface area contributed by atoms with Crippen LogP contribution in [0.25, 0.3) is 16.8 Å². The highest BCUT2D eigenvalue weighted by atomic mass is 16.5. The predicted octanol–water partition coefficient (Wildman–Crippen LogP) is 3.35. The van der Waals surface area contributed by atoms with E-state index in [0.717, 1.165) is 91.8 Å². The number of aryl methyl sites for hydroxylation is 1. The molecule has 0 spiro atoms. The number of benzene rings is 1. The molecule has 39 heavy (non-hydrogen) atoms. The van der Waals surface area contributed by atoms with E-state index in [9.17, 15) is 4.79 Å². The number of hydrogen-bond donors (Lipinski definition) is 3. The summed E-state index contributed by atoms with van der Waals surface area (Å²) < 4.78 is 7.33.